The summed E-state index contributed by atoms with van der Waals surface area (Å²) in [5, 5.41) is 18.1. The molecule has 0 spiro atoms. The van der Waals surface area contributed by atoms with Gasteiger partial charge in [-0.05, 0) is 12.3 Å². The van der Waals surface area contributed by atoms with Crippen LogP contribution in [0.25, 0.3) is 0 Å². The SMILES string of the molecule is CC(C)C(N)CC(=O)N1CCC(C(=O)O)C(C(=O)O)C1. The van der Waals surface area contributed by atoms with Crippen molar-refractivity contribution in [2.75, 3.05) is 13.1 Å². The molecule has 0 aromatic heterocycles. The summed E-state index contributed by atoms with van der Waals surface area (Å²) in [5.41, 5.74) is 5.84. The fourth-order valence-corrected chi connectivity index (χ4v) is 2.29. The average Bonchev–Trinajstić information content (AvgIpc) is 2.37. The number of carbonyl (C=O) groups is 3. The summed E-state index contributed by atoms with van der Waals surface area (Å²) in [7, 11) is 0. The number of likely N-dealkylation sites (tertiary alicyclic amines) is 1. The van der Waals surface area contributed by atoms with Crippen molar-refractivity contribution in [1.82, 2.24) is 4.90 Å². The first-order valence-electron chi connectivity index (χ1n) is 6.73. The Balaban J connectivity index is 2.69. The average molecular weight is 286 g/mol. The predicted molar refractivity (Wildman–Crippen MR) is 70.9 cm³/mol. The van der Waals surface area contributed by atoms with E-state index in [1.165, 1.54) is 4.90 Å². The third kappa shape index (κ3) is 3.93. The summed E-state index contributed by atoms with van der Waals surface area (Å²) in [6.07, 6.45) is 0.316. The molecule has 1 rings (SSSR count). The molecule has 4 N–H and O–H groups in total. The van der Waals surface area contributed by atoms with Crippen molar-refractivity contribution in [3.63, 3.8) is 0 Å². The fourth-order valence-electron chi connectivity index (χ4n) is 2.29. The van der Waals surface area contributed by atoms with Gasteiger partial charge in [-0.25, -0.2) is 0 Å². The van der Waals surface area contributed by atoms with Crippen LogP contribution in [0.1, 0.15) is 26.7 Å². The van der Waals surface area contributed by atoms with Crippen molar-refractivity contribution >= 4 is 17.8 Å². The van der Waals surface area contributed by atoms with Crippen LogP contribution in [0.2, 0.25) is 0 Å². The van der Waals surface area contributed by atoms with Crippen LogP contribution in [0.15, 0.2) is 0 Å². The molecule has 7 nitrogen and oxygen atoms in total. The Morgan fingerprint density at radius 2 is 1.75 bits per heavy atom. The molecule has 1 heterocycles. The van der Waals surface area contributed by atoms with E-state index in [0.29, 0.717) is 0 Å². The maximum atomic E-state index is 12.1. The second-order valence-corrected chi connectivity index (χ2v) is 5.63. The Kier molecular flexibility index (Phi) is 5.50. The summed E-state index contributed by atoms with van der Waals surface area (Å²) in [6.45, 7) is 4.03. The number of hydrogen-bond acceptors (Lipinski definition) is 4. The smallest absolute Gasteiger partial charge is 0.309 e. The van der Waals surface area contributed by atoms with Crippen LogP contribution in [0.5, 0.6) is 0 Å². The van der Waals surface area contributed by atoms with Gasteiger partial charge in [-0.1, -0.05) is 13.8 Å². The van der Waals surface area contributed by atoms with Gasteiger partial charge in [0.2, 0.25) is 5.91 Å². The Hall–Kier alpha value is -1.63. The third-order valence-electron chi connectivity index (χ3n) is 3.87. The largest absolute Gasteiger partial charge is 0.481 e. The summed E-state index contributed by atoms with van der Waals surface area (Å²) >= 11 is 0. The number of carbonyl (C=O) groups excluding carboxylic acids is 1. The van der Waals surface area contributed by atoms with E-state index >= 15 is 0 Å². The molecule has 1 amide bonds. The first-order chi connectivity index (χ1) is 9.23. The summed E-state index contributed by atoms with van der Waals surface area (Å²) in [6, 6.07) is -0.275. The van der Waals surface area contributed by atoms with Crippen LogP contribution < -0.4 is 5.73 Å². The number of nitrogens with zero attached hydrogens (tertiary/aromatic N) is 1. The first-order valence-corrected chi connectivity index (χ1v) is 6.73. The lowest BCUT2D eigenvalue weighted by Gasteiger charge is -2.35. The van der Waals surface area contributed by atoms with E-state index in [1.54, 1.807) is 0 Å². The lowest BCUT2D eigenvalue weighted by atomic mass is 9.85. The molecule has 0 aromatic carbocycles. The van der Waals surface area contributed by atoms with Gasteiger partial charge in [0.15, 0.2) is 0 Å². The molecule has 3 unspecified atom stereocenters. The number of piperidine rings is 1. The van der Waals surface area contributed by atoms with Crippen LogP contribution in [-0.2, 0) is 14.4 Å². The monoisotopic (exact) mass is 286 g/mol. The summed E-state index contributed by atoms with van der Waals surface area (Å²) in [5.74, 6) is -4.34. The van der Waals surface area contributed by atoms with E-state index in [0.717, 1.165) is 0 Å². The standard InChI is InChI=1S/C13H22N2O5/c1-7(2)10(14)5-11(16)15-4-3-8(12(17)18)9(6-15)13(19)20/h7-10H,3-6,14H2,1-2H3,(H,17,18)(H,19,20). The number of amides is 1. The molecule has 7 heteroatoms. The van der Waals surface area contributed by atoms with Gasteiger partial charge in [0.1, 0.15) is 0 Å². The van der Waals surface area contributed by atoms with Gasteiger partial charge in [-0.15, -0.1) is 0 Å². The molecule has 1 fully saturated rings. The van der Waals surface area contributed by atoms with Gasteiger partial charge in [0.05, 0.1) is 11.8 Å². The highest BCUT2D eigenvalue weighted by Crippen LogP contribution is 2.25. The minimum atomic E-state index is -1.18. The molecule has 1 saturated heterocycles. The van der Waals surface area contributed by atoms with E-state index < -0.39 is 23.8 Å². The van der Waals surface area contributed by atoms with Gasteiger partial charge in [0.25, 0.3) is 0 Å². The Bertz CT molecular complexity index is 396. The second-order valence-electron chi connectivity index (χ2n) is 5.63. The molecule has 3 atom stereocenters. The molecule has 0 saturated carbocycles. The van der Waals surface area contributed by atoms with Crippen molar-refractivity contribution in [3.05, 3.63) is 0 Å². The van der Waals surface area contributed by atoms with Crippen LogP contribution >= 0.6 is 0 Å². The topological polar surface area (TPSA) is 121 Å². The molecule has 20 heavy (non-hydrogen) atoms. The zero-order valence-electron chi connectivity index (χ0n) is 11.8. The Morgan fingerprint density at radius 3 is 2.20 bits per heavy atom. The molecule has 0 radical (unpaired) electrons. The molecule has 1 aliphatic rings. The van der Waals surface area contributed by atoms with Crippen LogP contribution in [0.4, 0.5) is 0 Å². The highest BCUT2D eigenvalue weighted by molar-refractivity contribution is 5.82. The van der Waals surface area contributed by atoms with Crippen molar-refractivity contribution in [1.29, 1.82) is 0 Å². The van der Waals surface area contributed by atoms with Crippen LogP contribution in [-0.4, -0.2) is 52.1 Å². The van der Waals surface area contributed by atoms with E-state index in [9.17, 15) is 14.4 Å². The van der Waals surface area contributed by atoms with Crippen molar-refractivity contribution < 1.29 is 24.6 Å². The normalized spacial score (nSPS) is 24.5. The van der Waals surface area contributed by atoms with E-state index in [4.69, 9.17) is 15.9 Å². The minimum absolute atomic E-state index is 0.0596. The fraction of sp³-hybridized carbons (Fsp3) is 0.769. The number of hydrogen-bond donors (Lipinski definition) is 3. The quantitative estimate of drug-likeness (QED) is 0.653. The Labute approximate surface area is 117 Å². The van der Waals surface area contributed by atoms with Crippen molar-refractivity contribution in [2.24, 2.45) is 23.5 Å². The van der Waals surface area contributed by atoms with Crippen molar-refractivity contribution in [3.8, 4) is 0 Å². The third-order valence-corrected chi connectivity index (χ3v) is 3.87. The summed E-state index contributed by atoms with van der Waals surface area (Å²) in [4.78, 5) is 35.6. The number of nitrogens with two attached hydrogens (primary N) is 1. The molecular formula is C13H22N2O5. The van der Waals surface area contributed by atoms with Crippen LogP contribution in [0.3, 0.4) is 0 Å². The number of aliphatic carboxylic acids is 2. The first kappa shape index (κ1) is 16.4. The Morgan fingerprint density at radius 1 is 1.20 bits per heavy atom. The lowest BCUT2D eigenvalue weighted by molar-refractivity contribution is -0.159. The molecule has 0 aliphatic carbocycles. The van der Waals surface area contributed by atoms with Crippen molar-refractivity contribution in [2.45, 2.75) is 32.7 Å². The van der Waals surface area contributed by atoms with E-state index in [-0.39, 0.29) is 43.8 Å². The predicted octanol–water partition coefficient (Wildman–Crippen LogP) is -0.00630. The van der Waals surface area contributed by atoms with Gasteiger partial charge in [0, 0.05) is 25.6 Å². The number of carboxylic acids is 2. The number of rotatable bonds is 5. The lowest BCUT2D eigenvalue weighted by Crippen LogP contribution is -2.49. The van der Waals surface area contributed by atoms with Gasteiger partial charge < -0.3 is 20.8 Å². The van der Waals surface area contributed by atoms with Gasteiger partial charge in [-0.2, -0.15) is 0 Å². The minimum Gasteiger partial charge on any atom is -0.481 e. The molecule has 0 bridgehead atoms. The van der Waals surface area contributed by atoms with E-state index in [1.807, 2.05) is 13.8 Å². The zero-order chi connectivity index (χ0) is 15.4. The maximum Gasteiger partial charge on any atom is 0.309 e. The van der Waals surface area contributed by atoms with E-state index in [2.05, 4.69) is 0 Å². The van der Waals surface area contributed by atoms with Crippen LogP contribution in [0, 0.1) is 17.8 Å². The zero-order valence-corrected chi connectivity index (χ0v) is 11.8. The molecule has 1 aliphatic heterocycles. The second kappa shape index (κ2) is 6.69. The molecular weight excluding hydrogens is 264 g/mol. The summed E-state index contributed by atoms with van der Waals surface area (Å²) < 4.78 is 0. The molecule has 114 valence electrons. The highest BCUT2D eigenvalue weighted by Gasteiger charge is 2.40. The molecule has 0 aromatic rings. The maximum absolute atomic E-state index is 12.1. The van der Waals surface area contributed by atoms with Gasteiger partial charge >= 0.3 is 11.9 Å². The number of carboxylic acid groups (broad SMARTS) is 2. The van der Waals surface area contributed by atoms with Gasteiger partial charge in [-0.3, -0.25) is 14.4 Å². The highest BCUT2D eigenvalue weighted by atomic mass is 16.4.